The van der Waals surface area contributed by atoms with Gasteiger partial charge < -0.3 is 25.6 Å². The number of methoxy groups -OCH3 is 1. The van der Waals surface area contributed by atoms with Crippen molar-refractivity contribution in [3.8, 4) is 28.7 Å². The maximum atomic E-state index is 12.9. The molecule has 0 fully saturated rings. The minimum Gasteiger partial charge on any atom is -0.507 e. The molecule has 0 unspecified atom stereocenters. The molecule has 3 aromatic rings. The summed E-state index contributed by atoms with van der Waals surface area (Å²) in [5, 5.41) is 42.5. The van der Waals surface area contributed by atoms with Crippen molar-refractivity contribution in [1.29, 1.82) is 10.7 Å². The van der Waals surface area contributed by atoms with Crippen LogP contribution >= 0.6 is 0 Å². The van der Waals surface area contributed by atoms with Crippen LogP contribution in [-0.2, 0) is 9.59 Å². The van der Waals surface area contributed by atoms with Gasteiger partial charge in [0.25, 0.3) is 5.91 Å². The smallest absolute Gasteiger partial charge is 0.337 e. The van der Waals surface area contributed by atoms with Gasteiger partial charge in [-0.1, -0.05) is 25.1 Å². The van der Waals surface area contributed by atoms with Crippen molar-refractivity contribution in [3.05, 3.63) is 71.3 Å². The molecule has 36 heavy (non-hydrogen) atoms. The maximum Gasteiger partial charge on any atom is 0.337 e. The fourth-order valence-electron chi connectivity index (χ4n) is 3.43. The van der Waals surface area contributed by atoms with E-state index >= 15 is 0 Å². The minimum atomic E-state index is -1.37. The van der Waals surface area contributed by atoms with Crippen LogP contribution in [0.4, 0.5) is 11.4 Å². The van der Waals surface area contributed by atoms with Crippen LogP contribution in [0.2, 0.25) is 0 Å². The van der Waals surface area contributed by atoms with Crippen LogP contribution in [0, 0.1) is 16.7 Å². The molecule has 0 aliphatic carbocycles. The highest BCUT2D eigenvalue weighted by Crippen LogP contribution is 2.39. The first-order valence-electron chi connectivity index (χ1n) is 10.7. The molecule has 0 heterocycles. The Labute approximate surface area is 207 Å². The predicted octanol–water partition coefficient (Wildman–Crippen LogP) is 4.24. The molecule has 3 aromatic carbocycles. The lowest BCUT2D eigenvalue weighted by atomic mass is 9.96. The first kappa shape index (κ1) is 25.5. The Kier molecular flexibility index (Phi) is 7.66. The third kappa shape index (κ3) is 5.31. The van der Waals surface area contributed by atoms with Gasteiger partial charge >= 0.3 is 5.97 Å². The van der Waals surface area contributed by atoms with Crippen molar-refractivity contribution < 1.29 is 30.8 Å². The number of carbonyl (C=O) groups excluding carboxylic acids is 2. The molecule has 0 saturated carbocycles. The molecule has 0 aliphatic rings. The molecule has 0 aromatic heterocycles. The second-order valence-corrected chi connectivity index (χ2v) is 7.52. The molecular weight excluding hydrogens is 464 g/mol. The largest absolute Gasteiger partial charge is 0.507 e. The number of phenolic OH excluding ortho intramolecular Hbond substituents is 1. The lowest BCUT2D eigenvalue weighted by Crippen LogP contribution is -2.24. The summed E-state index contributed by atoms with van der Waals surface area (Å²) in [6.07, 6.45) is 0.183. The Hall–Kier alpha value is -5.17. The normalized spacial score (nSPS) is 10.1. The number of nitriles is 1. The Morgan fingerprint density at radius 1 is 1.03 bits per heavy atom. The second-order valence-electron chi connectivity index (χ2n) is 7.52. The molecular formula is C26H24N4O6. The number of nitrogens with one attached hydrogen (secondary N) is 3. The van der Waals surface area contributed by atoms with Gasteiger partial charge in [0.1, 0.15) is 17.2 Å². The highest BCUT2D eigenvalue weighted by molar-refractivity contribution is 6.48. The van der Waals surface area contributed by atoms with Crippen LogP contribution in [0.5, 0.6) is 11.5 Å². The van der Waals surface area contributed by atoms with E-state index < -0.39 is 23.3 Å². The third-order valence-electron chi connectivity index (χ3n) is 5.25. The van der Waals surface area contributed by atoms with E-state index in [9.17, 15) is 24.6 Å². The van der Waals surface area contributed by atoms with E-state index in [4.69, 9.17) is 15.4 Å². The monoisotopic (exact) mass is 488 g/mol. The molecule has 0 aliphatic heterocycles. The number of para-hydroxylation sites is 1. The average molecular weight is 489 g/mol. The summed E-state index contributed by atoms with van der Waals surface area (Å²) in [6, 6.07) is 15.0. The van der Waals surface area contributed by atoms with Crippen molar-refractivity contribution in [2.75, 3.05) is 17.7 Å². The molecule has 5 N–H and O–H groups in total. The maximum absolute atomic E-state index is 12.9. The number of hydrogen-bond acceptors (Lipinski definition) is 7. The van der Waals surface area contributed by atoms with Gasteiger partial charge in [0.15, 0.2) is 0 Å². The summed E-state index contributed by atoms with van der Waals surface area (Å²) in [4.78, 5) is 36.5. The van der Waals surface area contributed by atoms with E-state index in [1.54, 1.807) is 31.2 Å². The van der Waals surface area contributed by atoms with Crippen LogP contribution in [0.3, 0.4) is 0 Å². The fraction of sp³-hybridized carbons (Fsp3) is 0.115. The van der Waals surface area contributed by atoms with Crippen molar-refractivity contribution >= 4 is 34.9 Å². The van der Waals surface area contributed by atoms with Crippen molar-refractivity contribution in [2.24, 2.45) is 0 Å². The zero-order valence-corrected chi connectivity index (χ0v) is 19.4. The summed E-state index contributed by atoms with van der Waals surface area (Å²) >= 11 is 0. The van der Waals surface area contributed by atoms with Crippen molar-refractivity contribution in [3.63, 3.8) is 0 Å². The van der Waals surface area contributed by atoms with Crippen molar-refractivity contribution in [2.45, 2.75) is 13.3 Å². The number of carboxylic acids is 1. The molecule has 10 heteroatoms. The second kappa shape index (κ2) is 10.8. The summed E-state index contributed by atoms with van der Waals surface area (Å²) in [5.41, 5.74) is 0.0149. The Bertz CT molecular complexity index is 1430. The summed E-state index contributed by atoms with van der Waals surface area (Å²) < 4.78 is 5.41. The number of carbonyl (C=O) groups is 3. The van der Waals surface area contributed by atoms with Gasteiger partial charge in [0.05, 0.1) is 35.7 Å². The molecule has 3 rings (SSSR count). The molecule has 10 nitrogen and oxygen atoms in total. The van der Waals surface area contributed by atoms with Crippen LogP contribution in [0.25, 0.3) is 11.1 Å². The number of anilines is 2. The van der Waals surface area contributed by atoms with Crippen LogP contribution in [0.15, 0.2) is 54.6 Å². The quantitative estimate of drug-likeness (QED) is 0.295. The molecule has 184 valence electrons. The van der Waals surface area contributed by atoms with E-state index in [0.29, 0.717) is 16.9 Å². The Morgan fingerprint density at radius 2 is 1.75 bits per heavy atom. The number of rotatable bonds is 8. The first-order chi connectivity index (χ1) is 17.2. The Morgan fingerprint density at radius 3 is 2.39 bits per heavy atom. The van der Waals surface area contributed by atoms with E-state index in [1.807, 2.05) is 6.07 Å². The van der Waals surface area contributed by atoms with Crippen LogP contribution < -0.4 is 15.4 Å². The van der Waals surface area contributed by atoms with E-state index in [0.717, 1.165) is 6.07 Å². The highest BCUT2D eigenvalue weighted by Gasteiger charge is 2.23. The number of amides is 2. The number of ether oxygens (including phenoxy) is 1. The van der Waals surface area contributed by atoms with Gasteiger partial charge in [-0.15, -0.1) is 0 Å². The number of hydrogen-bond donors (Lipinski definition) is 5. The predicted molar refractivity (Wildman–Crippen MR) is 135 cm³/mol. The summed E-state index contributed by atoms with van der Waals surface area (Å²) in [6.45, 7) is 1.67. The lowest BCUT2D eigenvalue weighted by Gasteiger charge is -2.17. The first-order valence-corrected chi connectivity index (χ1v) is 10.7. The third-order valence-corrected chi connectivity index (χ3v) is 5.25. The average Bonchev–Trinajstić information content (AvgIpc) is 2.88. The van der Waals surface area contributed by atoms with E-state index in [2.05, 4.69) is 10.6 Å². The number of aromatic carboxylic acids is 1. The zero-order chi connectivity index (χ0) is 26.4. The van der Waals surface area contributed by atoms with Crippen LogP contribution in [0.1, 0.15) is 36.3 Å². The number of aromatic hydroxyl groups is 1. The van der Waals surface area contributed by atoms with Crippen LogP contribution in [-0.4, -0.2) is 40.8 Å². The lowest BCUT2D eigenvalue weighted by molar-refractivity contribution is -0.116. The van der Waals surface area contributed by atoms with Gasteiger partial charge in [-0.25, -0.2) is 4.79 Å². The topological polar surface area (TPSA) is 173 Å². The molecule has 0 saturated heterocycles. The molecule has 0 bridgehead atoms. The molecule has 0 radical (unpaired) electrons. The zero-order valence-electron chi connectivity index (χ0n) is 19.4. The van der Waals surface area contributed by atoms with E-state index in [-0.39, 0.29) is 41.8 Å². The Balaban J connectivity index is 0.00000481. The van der Waals surface area contributed by atoms with E-state index in [1.165, 1.54) is 31.4 Å². The van der Waals surface area contributed by atoms with Gasteiger partial charge in [-0.05, 0) is 30.3 Å². The van der Waals surface area contributed by atoms with Gasteiger partial charge in [-0.3, -0.25) is 15.0 Å². The molecule has 0 spiro atoms. The summed E-state index contributed by atoms with van der Waals surface area (Å²) in [7, 11) is 1.47. The standard InChI is InChI=1S/C26H22N4O6.H2/c1-3-23(32)29-20-12-21(31)18(11-16(20)15-6-4-5-7-22(15)36-2)24(28)25(33)30-19-9-8-14(13-27)10-17(19)26(34)35;/h4-12,28,31H,3H2,1-2H3,(H,29,32)(H,30,33)(H,34,35);1H. The van der Waals surface area contributed by atoms with Gasteiger partial charge in [-0.2, -0.15) is 5.26 Å². The van der Waals surface area contributed by atoms with Gasteiger partial charge in [0, 0.05) is 30.6 Å². The van der Waals surface area contributed by atoms with Gasteiger partial charge in [0.2, 0.25) is 5.91 Å². The minimum absolute atomic E-state index is 0. The number of nitrogens with zero attached hydrogens (tertiary/aromatic N) is 1. The number of benzene rings is 3. The highest BCUT2D eigenvalue weighted by atomic mass is 16.5. The molecule has 0 atom stereocenters. The molecule has 2 amide bonds. The number of phenols is 1. The SMILES string of the molecule is CCC(=O)Nc1cc(O)c(C(=N)C(=O)Nc2ccc(C#N)cc2C(=O)O)cc1-c1ccccc1OC.[HH]. The van der Waals surface area contributed by atoms with Crippen molar-refractivity contribution in [1.82, 2.24) is 0 Å². The summed E-state index contributed by atoms with van der Waals surface area (Å²) in [5.74, 6) is -2.66. The number of carboxylic acid groups (broad SMARTS) is 1. The fourth-order valence-corrected chi connectivity index (χ4v) is 3.43.